The van der Waals surface area contributed by atoms with Crippen molar-refractivity contribution in [1.82, 2.24) is 25.1 Å². The van der Waals surface area contributed by atoms with E-state index in [1.807, 2.05) is 30.3 Å². The molecule has 0 bridgehead atoms. The van der Waals surface area contributed by atoms with Gasteiger partial charge in [-0.3, -0.25) is 14.9 Å². The van der Waals surface area contributed by atoms with E-state index in [2.05, 4.69) is 15.4 Å². The van der Waals surface area contributed by atoms with Crippen LogP contribution in [0.5, 0.6) is 5.75 Å². The Hall–Kier alpha value is -3.82. The molecule has 150 valence electrons. The molecule has 0 spiro atoms. The average Bonchev–Trinajstić information content (AvgIpc) is 3.19. The number of carbonyl (C=O) groups excluding carboxylic acids is 1. The molecule has 0 aliphatic heterocycles. The Morgan fingerprint density at radius 2 is 2.00 bits per heavy atom. The lowest BCUT2D eigenvalue weighted by Crippen LogP contribution is -2.33. The van der Waals surface area contributed by atoms with E-state index < -0.39 is 4.92 Å². The highest BCUT2D eigenvalue weighted by Crippen LogP contribution is 2.23. The standard InChI is InChI=1S/C19H20N6O4/c1-14(15-7-6-8-16(11-15)25(27)28)23(2)19(26)12-24-21-18(20-22-24)13-29-17-9-4-3-5-10-17/h3-11,14H,12-13H2,1-2H3/t14-/m0/s1. The van der Waals surface area contributed by atoms with Crippen molar-refractivity contribution in [3.05, 3.63) is 76.1 Å². The number of nitro groups is 1. The van der Waals surface area contributed by atoms with Gasteiger partial charge in [0.15, 0.2) is 6.61 Å². The van der Waals surface area contributed by atoms with Crippen molar-refractivity contribution in [1.29, 1.82) is 0 Å². The Kier molecular flexibility index (Phi) is 6.12. The van der Waals surface area contributed by atoms with Crippen molar-refractivity contribution >= 4 is 11.6 Å². The van der Waals surface area contributed by atoms with Gasteiger partial charge in [0.05, 0.1) is 11.0 Å². The van der Waals surface area contributed by atoms with Crippen LogP contribution in [0.25, 0.3) is 0 Å². The van der Waals surface area contributed by atoms with E-state index in [0.29, 0.717) is 17.1 Å². The van der Waals surface area contributed by atoms with Gasteiger partial charge in [-0.05, 0) is 29.8 Å². The summed E-state index contributed by atoms with van der Waals surface area (Å²) in [5.41, 5.74) is 0.648. The van der Waals surface area contributed by atoms with Gasteiger partial charge >= 0.3 is 0 Å². The lowest BCUT2D eigenvalue weighted by Gasteiger charge is -2.25. The Bertz CT molecular complexity index is 991. The van der Waals surface area contributed by atoms with Crippen LogP contribution >= 0.6 is 0 Å². The molecule has 3 aromatic rings. The summed E-state index contributed by atoms with van der Waals surface area (Å²) in [7, 11) is 1.63. The Labute approximate surface area is 166 Å². The largest absolute Gasteiger partial charge is 0.485 e. The lowest BCUT2D eigenvalue weighted by atomic mass is 10.1. The van der Waals surface area contributed by atoms with E-state index in [9.17, 15) is 14.9 Å². The van der Waals surface area contributed by atoms with Crippen LogP contribution in [-0.2, 0) is 17.9 Å². The number of tetrazole rings is 1. The molecule has 0 N–H and O–H groups in total. The molecule has 1 amide bonds. The highest BCUT2D eigenvalue weighted by Gasteiger charge is 2.20. The predicted octanol–water partition coefficient (Wildman–Crippen LogP) is 2.38. The van der Waals surface area contributed by atoms with Crippen LogP contribution in [0, 0.1) is 10.1 Å². The Morgan fingerprint density at radius 3 is 2.72 bits per heavy atom. The van der Waals surface area contributed by atoms with Crippen molar-refractivity contribution in [2.45, 2.75) is 26.1 Å². The van der Waals surface area contributed by atoms with Crippen molar-refractivity contribution in [3.8, 4) is 5.75 Å². The number of hydrogen-bond acceptors (Lipinski definition) is 7. The second-order valence-electron chi connectivity index (χ2n) is 6.37. The third-order valence-corrected chi connectivity index (χ3v) is 4.42. The molecular formula is C19H20N6O4. The van der Waals surface area contributed by atoms with Crippen LogP contribution in [0.2, 0.25) is 0 Å². The van der Waals surface area contributed by atoms with Crippen molar-refractivity contribution in [2.24, 2.45) is 0 Å². The fraction of sp³-hybridized carbons (Fsp3) is 0.263. The summed E-state index contributed by atoms with van der Waals surface area (Å²) in [5.74, 6) is 0.790. The maximum atomic E-state index is 12.6. The lowest BCUT2D eigenvalue weighted by molar-refractivity contribution is -0.384. The monoisotopic (exact) mass is 396 g/mol. The second-order valence-corrected chi connectivity index (χ2v) is 6.37. The number of hydrogen-bond donors (Lipinski definition) is 0. The molecule has 0 aliphatic rings. The van der Waals surface area contributed by atoms with Gasteiger partial charge in [0.2, 0.25) is 11.7 Å². The van der Waals surface area contributed by atoms with Gasteiger partial charge in [0.1, 0.15) is 12.3 Å². The zero-order valence-electron chi connectivity index (χ0n) is 16.0. The first kappa shape index (κ1) is 19.9. The minimum absolute atomic E-state index is 0.0174. The summed E-state index contributed by atoms with van der Waals surface area (Å²) in [6, 6.07) is 15.1. The molecule has 0 unspecified atom stereocenters. The number of amides is 1. The fourth-order valence-corrected chi connectivity index (χ4v) is 2.64. The first-order valence-electron chi connectivity index (χ1n) is 8.88. The average molecular weight is 396 g/mol. The summed E-state index contributed by atoms with van der Waals surface area (Å²) in [6.07, 6.45) is 0. The molecule has 3 rings (SSSR count). The number of nitro benzene ring substituents is 1. The molecule has 0 saturated heterocycles. The zero-order chi connectivity index (χ0) is 20.8. The van der Waals surface area contributed by atoms with Gasteiger partial charge in [-0.15, -0.1) is 10.2 Å². The SMILES string of the molecule is C[C@@H](c1cccc([N+](=O)[O-])c1)N(C)C(=O)Cn1nnc(COc2ccccc2)n1. The third kappa shape index (κ3) is 5.12. The first-order chi connectivity index (χ1) is 13.9. The number of benzene rings is 2. The normalized spacial score (nSPS) is 11.7. The van der Waals surface area contributed by atoms with Crippen LogP contribution in [0.4, 0.5) is 5.69 Å². The highest BCUT2D eigenvalue weighted by atomic mass is 16.6. The van der Waals surface area contributed by atoms with Crippen LogP contribution in [-0.4, -0.2) is 43.0 Å². The van der Waals surface area contributed by atoms with Crippen molar-refractivity contribution < 1.29 is 14.5 Å². The van der Waals surface area contributed by atoms with Crippen molar-refractivity contribution in [2.75, 3.05) is 7.05 Å². The molecule has 0 fully saturated rings. The number of aromatic nitrogens is 4. The summed E-state index contributed by atoms with van der Waals surface area (Å²) in [6.45, 7) is 1.83. The van der Waals surface area contributed by atoms with E-state index in [1.54, 1.807) is 26.1 Å². The fourth-order valence-electron chi connectivity index (χ4n) is 2.64. The van der Waals surface area contributed by atoms with E-state index >= 15 is 0 Å². The summed E-state index contributed by atoms with van der Waals surface area (Å²) in [5, 5.41) is 22.9. The minimum Gasteiger partial charge on any atom is -0.485 e. The molecule has 29 heavy (non-hydrogen) atoms. The number of likely N-dealkylation sites (N-methyl/N-ethyl adjacent to an activating group) is 1. The minimum atomic E-state index is -0.462. The first-order valence-corrected chi connectivity index (χ1v) is 8.88. The van der Waals surface area contributed by atoms with Gasteiger partial charge in [-0.1, -0.05) is 30.3 Å². The van der Waals surface area contributed by atoms with Crippen LogP contribution in [0.3, 0.4) is 0 Å². The molecule has 1 aromatic heterocycles. The smallest absolute Gasteiger partial charge is 0.269 e. The van der Waals surface area contributed by atoms with Gasteiger partial charge in [0.25, 0.3) is 5.69 Å². The predicted molar refractivity (Wildman–Crippen MR) is 103 cm³/mol. The van der Waals surface area contributed by atoms with Crippen LogP contribution in [0.15, 0.2) is 54.6 Å². The summed E-state index contributed by atoms with van der Waals surface area (Å²) in [4.78, 5) is 25.7. The molecule has 2 aromatic carbocycles. The van der Waals surface area contributed by atoms with Crippen LogP contribution < -0.4 is 4.74 Å². The summed E-state index contributed by atoms with van der Waals surface area (Å²) < 4.78 is 5.56. The van der Waals surface area contributed by atoms with E-state index in [4.69, 9.17) is 4.74 Å². The topological polar surface area (TPSA) is 116 Å². The van der Waals surface area contributed by atoms with Crippen LogP contribution in [0.1, 0.15) is 24.4 Å². The van der Waals surface area contributed by atoms with Gasteiger partial charge < -0.3 is 9.64 Å². The highest BCUT2D eigenvalue weighted by molar-refractivity contribution is 5.76. The molecule has 10 nitrogen and oxygen atoms in total. The van der Waals surface area contributed by atoms with Crippen molar-refractivity contribution in [3.63, 3.8) is 0 Å². The molecule has 0 radical (unpaired) electrons. The van der Waals surface area contributed by atoms with E-state index in [1.165, 1.54) is 21.8 Å². The number of non-ortho nitro benzene ring substituents is 1. The maximum Gasteiger partial charge on any atom is 0.269 e. The molecular weight excluding hydrogens is 376 g/mol. The third-order valence-electron chi connectivity index (χ3n) is 4.42. The summed E-state index contributed by atoms with van der Waals surface area (Å²) >= 11 is 0. The molecule has 10 heteroatoms. The molecule has 1 atom stereocenters. The maximum absolute atomic E-state index is 12.6. The zero-order valence-corrected chi connectivity index (χ0v) is 16.0. The van der Waals surface area contributed by atoms with E-state index in [0.717, 1.165) is 0 Å². The number of nitrogens with zero attached hydrogens (tertiary/aromatic N) is 6. The van der Waals surface area contributed by atoms with E-state index in [-0.39, 0.29) is 30.8 Å². The molecule has 1 heterocycles. The number of rotatable bonds is 8. The Balaban J connectivity index is 1.59. The second kappa shape index (κ2) is 8.91. The Morgan fingerprint density at radius 1 is 1.24 bits per heavy atom. The number of para-hydroxylation sites is 1. The molecule has 0 saturated carbocycles. The quantitative estimate of drug-likeness (QED) is 0.424. The van der Waals surface area contributed by atoms with Gasteiger partial charge in [-0.2, -0.15) is 4.80 Å². The van der Waals surface area contributed by atoms with Gasteiger partial charge in [0, 0.05) is 19.2 Å². The number of carbonyl (C=O) groups is 1. The molecule has 0 aliphatic carbocycles. The number of ether oxygens (including phenoxy) is 1. The van der Waals surface area contributed by atoms with Gasteiger partial charge in [-0.25, -0.2) is 0 Å².